The molecule has 1 aromatic carbocycles. The highest BCUT2D eigenvalue weighted by molar-refractivity contribution is 6.31. The van der Waals surface area contributed by atoms with Gasteiger partial charge >= 0.3 is 0 Å². The van der Waals surface area contributed by atoms with Gasteiger partial charge in [-0.2, -0.15) is 0 Å². The topological polar surface area (TPSA) is 91.0 Å². The van der Waals surface area contributed by atoms with E-state index < -0.39 is 11.7 Å². The molecule has 0 radical (unpaired) electrons. The number of morpholine rings is 1. The van der Waals surface area contributed by atoms with Crippen LogP contribution in [-0.4, -0.2) is 72.1 Å². The molecule has 0 saturated carbocycles. The average molecular weight is 421 g/mol. The first-order chi connectivity index (χ1) is 13.9. The van der Waals surface area contributed by atoms with E-state index >= 15 is 0 Å². The number of carbonyl (C=O) groups excluding carboxylic acids is 3. The van der Waals surface area contributed by atoms with Crippen LogP contribution in [0.4, 0.5) is 5.69 Å². The molecule has 0 bridgehead atoms. The van der Waals surface area contributed by atoms with Gasteiger partial charge in [0.15, 0.2) is 0 Å². The summed E-state index contributed by atoms with van der Waals surface area (Å²) in [5.74, 6) is -0.341. The van der Waals surface area contributed by atoms with E-state index in [9.17, 15) is 14.4 Å². The van der Waals surface area contributed by atoms with Crippen LogP contribution < -0.4 is 10.6 Å². The first kappa shape index (κ1) is 20.0. The first-order valence-electron chi connectivity index (χ1n) is 9.95. The molecule has 2 N–H and O–H groups in total. The van der Waals surface area contributed by atoms with Gasteiger partial charge in [0.1, 0.15) is 11.7 Å². The number of hydrogen-bond acceptors (Lipinski definition) is 5. The van der Waals surface area contributed by atoms with Crippen molar-refractivity contribution in [2.24, 2.45) is 0 Å². The zero-order valence-electron chi connectivity index (χ0n) is 16.4. The van der Waals surface area contributed by atoms with Crippen LogP contribution in [0.1, 0.15) is 36.5 Å². The van der Waals surface area contributed by atoms with Crippen molar-refractivity contribution in [1.82, 2.24) is 15.1 Å². The Morgan fingerprint density at radius 3 is 2.69 bits per heavy atom. The third-order valence-electron chi connectivity index (χ3n) is 5.97. The normalized spacial score (nSPS) is 25.7. The summed E-state index contributed by atoms with van der Waals surface area (Å²) >= 11 is 6.01. The van der Waals surface area contributed by atoms with Gasteiger partial charge in [-0.3, -0.25) is 14.4 Å². The van der Waals surface area contributed by atoms with E-state index in [-0.39, 0.29) is 24.1 Å². The van der Waals surface area contributed by atoms with Crippen molar-refractivity contribution in [2.45, 2.75) is 37.9 Å². The molecular formula is C20H25ClN4O4. The number of carbonyl (C=O) groups is 3. The van der Waals surface area contributed by atoms with Gasteiger partial charge in [-0.15, -0.1) is 0 Å². The van der Waals surface area contributed by atoms with Gasteiger partial charge in [0.25, 0.3) is 5.91 Å². The summed E-state index contributed by atoms with van der Waals surface area (Å²) in [7, 11) is 0. The predicted octanol–water partition coefficient (Wildman–Crippen LogP) is 1.45. The third-order valence-corrected chi connectivity index (χ3v) is 6.20. The van der Waals surface area contributed by atoms with Gasteiger partial charge in [-0.25, -0.2) is 0 Å². The molecule has 9 heteroatoms. The number of benzene rings is 1. The molecule has 29 heavy (non-hydrogen) atoms. The second-order valence-corrected chi connectivity index (χ2v) is 8.24. The quantitative estimate of drug-likeness (QED) is 0.755. The maximum Gasteiger partial charge on any atom is 0.255 e. The molecule has 4 rings (SSSR count). The standard InChI is InChI=1S/C20H25ClN4O4/c1-13(19(28)24-8-10-29-11-9-24)25-7-6-20(5-4-17(25)26)22-16-3-2-14(21)12-15(16)18(27)23-20/h2-3,12-13,22H,4-11H2,1H3,(H,23,27). The van der Waals surface area contributed by atoms with Crippen LogP contribution >= 0.6 is 11.6 Å². The van der Waals surface area contributed by atoms with Crippen molar-refractivity contribution in [2.75, 3.05) is 38.2 Å². The van der Waals surface area contributed by atoms with E-state index in [0.717, 1.165) is 0 Å². The largest absolute Gasteiger partial charge is 0.378 e. The fourth-order valence-corrected chi connectivity index (χ4v) is 4.42. The van der Waals surface area contributed by atoms with Gasteiger partial charge in [0, 0.05) is 43.2 Å². The molecule has 8 nitrogen and oxygen atoms in total. The smallest absolute Gasteiger partial charge is 0.255 e. The summed E-state index contributed by atoms with van der Waals surface area (Å²) < 4.78 is 5.31. The lowest BCUT2D eigenvalue weighted by Gasteiger charge is -2.40. The Morgan fingerprint density at radius 1 is 1.17 bits per heavy atom. The molecule has 3 heterocycles. The zero-order chi connectivity index (χ0) is 20.6. The second kappa shape index (κ2) is 7.84. The van der Waals surface area contributed by atoms with Crippen molar-refractivity contribution >= 4 is 35.0 Å². The van der Waals surface area contributed by atoms with E-state index in [1.807, 2.05) is 0 Å². The van der Waals surface area contributed by atoms with Crippen molar-refractivity contribution in [3.63, 3.8) is 0 Å². The van der Waals surface area contributed by atoms with Gasteiger partial charge in [0.2, 0.25) is 11.8 Å². The lowest BCUT2D eigenvalue weighted by Crippen LogP contribution is -2.58. The molecule has 0 aliphatic carbocycles. The molecule has 1 aromatic rings. The van der Waals surface area contributed by atoms with Crippen molar-refractivity contribution < 1.29 is 19.1 Å². The van der Waals surface area contributed by atoms with Gasteiger partial charge in [-0.1, -0.05) is 11.6 Å². The number of anilines is 1. The first-order valence-corrected chi connectivity index (χ1v) is 10.3. The summed E-state index contributed by atoms with van der Waals surface area (Å²) in [6, 6.07) is 4.61. The molecule has 3 aliphatic heterocycles. The third kappa shape index (κ3) is 3.91. The van der Waals surface area contributed by atoms with Gasteiger partial charge in [-0.05, 0) is 31.5 Å². The van der Waals surface area contributed by atoms with Crippen LogP contribution in [0, 0.1) is 0 Å². The lowest BCUT2D eigenvalue weighted by atomic mass is 9.95. The molecule has 3 aliphatic rings. The molecule has 3 amide bonds. The zero-order valence-corrected chi connectivity index (χ0v) is 17.1. The summed E-state index contributed by atoms with van der Waals surface area (Å²) in [5.41, 5.74) is 0.479. The van der Waals surface area contributed by atoms with Crippen molar-refractivity contribution in [1.29, 1.82) is 0 Å². The minimum absolute atomic E-state index is 0.0572. The number of ether oxygens (including phenoxy) is 1. The monoisotopic (exact) mass is 420 g/mol. The fourth-order valence-electron chi connectivity index (χ4n) is 4.25. The van der Waals surface area contributed by atoms with E-state index in [1.54, 1.807) is 34.9 Å². The average Bonchev–Trinajstić information content (AvgIpc) is 2.87. The molecular weight excluding hydrogens is 396 g/mol. The Morgan fingerprint density at radius 2 is 1.93 bits per heavy atom. The highest BCUT2D eigenvalue weighted by Gasteiger charge is 2.42. The van der Waals surface area contributed by atoms with Crippen LogP contribution in [0.5, 0.6) is 0 Å². The number of halogens is 1. The number of likely N-dealkylation sites (tertiary alicyclic amines) is 1. The summed E-state index contributed by atoms with van der Waals surface area (Å²) in [5, 5.41) is 6.92. The highest BCUT2D eigenvalue weighted by Crippen LogP contribution is 2.33. The van der Waals surface area contributed by atoms with Crippen molar-refractivity contribution in [3.05, 3.63) is 28.8 Å². The minimum atomic E-state index is -0.718. The maximum atomic E-state index is 12.8. The van der Waals surface area contributed by atoms with Crippen LogP contribution in [-0.2, 0) is 14.3 Å². The maximum absolute atomic E-state index is 12.8. The summed E-state index contributed by atoms with van der Waals surface area (Å²) in [6.07, 6.45) is 1.21. The number of amides is 3. The van der Waals surface area contributed by atoms with Crippen molar-refractivity contribution in [3.8, 4) is 0 Å². The second-order valence-electron chi connectivity index (χ2n) is 7.80. The van der Waals surface area contributed by atoms with Crippen LogP contribution in [0.25, 0.3) is 0 Å². The predicted molar refractivity (Wildman–Crippen MR) is 108 cm³/mol. The summed E-state index contributed by atoms with van der Waals surface area (Å²) in [4.78, 5) is 41.7. The summed E-state index contributed by atoms with van der Waals surface area (Å²) in [6.45, 7) is 4.30. The van der Waals surface area contributed by atoms with Gasteiger partial charge in [0.05, 0.1) is 18.8 Å². The fraction of sp³-hybridized carbons (Fsp3) is 0.550. The molecule has 156 valence electrons. The molecule has 2 unspecified atom stereocenters. The number of hydrogen-bond donors (Lipinski definition) is 2. The molecule has 0 aromatic heterocycles. The molecule has 2 saturated heterocycles. The Kier molecular flexibility index (Phi) is 5.40. The number of fused-ring (bicyclic) bond motifs is 1. The SMILES string of the molecule is CC(C(=O)N1CCOCC1)N1CCC2(CCC1=O)NC(=O)c1cc(Cl)ccc1N2. The Labute approximate surface area is 174 Å². The number of rotatable bonds is 2. The Hall–Kier alpha value is -2.32. The van der Waals surface area contributed by atoms with E-state index in [2.05, 4.69) is 10.6 Å². The van der Waals surface area contributed by atoms with Crippen LogP contribution in [0.3, 0.4) is 0 Å². The lowest BCUT2D eigenvalue weighted by molar-refractivity contribution is -0.147. The number of nitrogens with one attached hydrogen (secondary N) is 2. The molecule has 1 spiro atoms. The Bertz CT molecular complexity index is 842. The van der Waals surface area contributed by atoms with E-state index in [4.69, 9.17) is 16.3 Å². The van der Waals surface area contributed by atoms with Gasteiger partial charge < -0.3 is 25.2 Å². The van der Waals surface area contributed by atoms with E-state index in [0.29, 0.717) is 62.0 Å². The Balaban J connectivity index is 1.49. The highest BCUT2D eigenvalue weighted by atomic mass is 35.5. The molecule has 2 atom stereocenters. The minimum Gasteiger partial charge on any atom is -0.378 e. The van der Waals surface area contributed by atoms with E-state index in [1.165, 1.54) is 0 Å². The number of nitrogens with zero attached hydrogens (tertiary/aromatic N) is 2. The molecule has 2 fully saturated rings. The van der Waals surface area contributed by atoms with Crippen LogP contribution in [0.15, 0.2) is 18.2 Å². The van der Waals surface area contributed by atoms with Crippen LogP contribution in [0.2, 0.25) is 5.02 Å².